The Morgan fingerprint density at radius 2 is 1.49 bits per heavy atom. The van der Waals surface area contributed by atoms with E-state index in [1.54, 1.807) is 18.2 Å². The van der Waals surface area contributed by atoms with E-state index < -0.39 is 30.8 Å². The van der Waals surface area contributed by atoms with Gasteiger partial charge in [0.15, 0.2) is 0 Å². The molecule has 0 bridgehead atoms. The molecule has 2 heterocycles. The van der Waals surface area contributed by atoms with Crippen molar-refractivity contribution < 1.29 is 26.1 Å². The molecule has 14 heteroatoms. The van der Waals surface area contributed by atoms with Crippen LogP contribution in [-0.4, -0.2) is 34.9 Å². The second-order valence-electron chi connectivity index (χ2n) is 9.06. The molecule has 0 radical (unpaired) electrons. The molecule has 4 aromatic carbocycles. The monoisotopic (exact) mass is 591 g/mol. The van der Waals surface area contributed by atoms with Gasteiger partial charge in [0.25, 0.3) is 25.7 Å². The number of nitrogens with two attached hydrogens (primary N) is 1. The van der Waals surface area contributed by atoms with E-state index in [1.807, 2.05) is 0 Å². The van der Waals surface area contributed by atoms with Crippen molar-refractivity contribution in [2.45, 2.75) is 9.79 Å². The molecule has 0 aliphatic heterocycles. The quantitative estimate of drug-likeness (QED) is 0.165. The number of aromatic nitrogens is 3. The number of fused-ring (bicyclic) bond motifs is 2. The Kier molecular flexibility index (Phi) is 5.90. The number of hydrogen-bond acceptors (Lipinski definition) is 8. The van der Waals surface area contributed by atoms with E-state index in [-0.39, 0.29) is 37.8 Å². The highest BCUT2D eigenvalue weighted by Crippen LogP contribution is 2.36. The lowest BCUT2D eigenvalue weighted by molar-refractivity contribution is -0.384. The van der Waals surface area contributed by atoms with Gasteiger partial charge in [-0.1, -0.05) is 18.2 Å². The van der Waals surface area contributed by atoms with Crippen molar-refractivity contribution in [1.29, 1.82) is 0 Å². The van der Waals surface area contributed by atoms with Crippen LogP contribution in [0.5, 0.6) is 0 Å². The molecule has 2 N–H and O–H groups in total. The van der Waals surface area contributed by atoms with Crippen molar-refractivity contribution >= 4 is 53.2 Å². The Morgan fingerprint density at radius 3 is 2.17 bits per heavy atom. The van der Waals surface area contributed by atoms with Gasteiger partial charge in [0.05, 0.1) is 31.9 Å². The summed E-state index contributed by atoms with van der Waals surface area (Å²) in [6.07, 6.45) is 2.57. The lowest BCUT2D eigenvalue weighted by Crippen LogP contribution is -2.14. The molecular formula is C27H18FN5O6S2. The Hall–Kier alpha value is -5.08. The first-order chi connectivity index (χ1) is 19.5. The molecule has 41 heavy (non-hydrogen) atoms. The maximum Gasteiger partial charge on any atom is 0.283 e. The Morgan fingerprint density at radius 1 is 0.805 bits per heavy atom. The average Bonchev–Trinajstić information content (AvgIpc) is 3.59. The topological polar surface area (TPSA) is 160 Å². The normalized spacial score (nSPS) is 12.2. The number of nitro benzene ring substituents is 1. The van der Waals surface area contributed by atoms with Crippen LogP contribution in [0.3, 0.4) is 0 Å². The fraction of sp³-hybridized carbons (Fsp3) is 0. The zero-order valence-electron chi connectivity index (χ0n) is 20.7. The fourth-order valence-electron chi connectivity index (χ4n) is 4.66. The number of non-ortho nitro benzene ring substituents is 1. The first-order valence-corrected chi connectivity index (χ1v) is 14.8. The summed E-state index contributed by atoms with van der Waals surface area (Å²) in [6, 6.07) is 18.8. The van der Waals surface area contributed by atoms with Gasteiger partial charge < -0.3 is 5.73 Å². The highest BCUT2D eigenvalue weighted by Gasteiger charge is 2.24. The minimum absolute atomic E-state index is 0.00226. The average molecular weight is 592 g/mol. The SMILES string of the molecule is Nc1cc(-c2cc(F)cc3c2ccn3S(=O)(=O)c2ccc([N+](=O)[O-])cc2)cc2c1cnn2S(=O)(=O)c1ccccc1. The molecule has 6 rings (SSSR count). The predicted molar refractivity (Wildman–Crippen MR) is 150 cm³/mol. The summed E-state index contributed by atoms with van der Waals surface area (Å²) >= 11 is 0. The Balaban J connectivity index is 1.53. The number of halogens is 1. The molecule has 0 saturated heterocycles. The van der Waals surface area contributed by atoms with Crippen LogP contribution in [-0.2, 0) is 20.0 Å². The molecule has 0 atom stereocenters. The van der Waals surface area contributed by atoms with Crippen molar-refractivity contribution in [2.24, 2.45) is 0 Å². The number of benzene rings is 4. The number of nitro groups is 1. The van der Waals surface area contributed by atoms with Gasteiger partial charge in [-0.3, -0.25) is 10.1 Å². The van der Waals surface area contributed by atoms with E-state index in [0.29, 0.717) is 16.3 Å². The zero-order chi connectivity index (χ0) is 29.1. The first-order valence-electron chi connectivity index (χ1n) is 11.9. The molecule has 0 aliphatic rings. The van der Waals surface area contributed by atoms with Gasteiger partial charge in [-0.25, -0.2) is 16.8 Å². The third-order valence-electron chi connectivity index (χ3n) is 6.61. The second-order valence-corrected chi connectivity index (χ2v) is 12.6. The number of hydrogen-bond donors (Lipinski definition) is 1. The minimum Gasteiger partial charge on any atom is -0.398 e. The van der Waals surface area contributed by atoms with Crippen LogP contribution in [0.2, 0.25) is 0 Å². The number of anilines is 1. The molecule has 6 aromatic rings. The van der Waals surface area contributed by atoms with Crippen LogP contribution in [0, 0.1) is 15.9 Å². The van der Waals surface area contributed by atoms with Crippen LogP contribution in [0.1, 0.15) is 0 Å². The molecule has 0 fully saturated rings. The summed E-state index contributed by atoms with van der Waals surface area (Å²) in [7, 11) is -8.35. The third-order valence-corrected chi connectivity index (χ3v) is 9.93. The van der Waals surface area contributed by atoms with Crippen molar-refractivity contribution in [3.8, 4) is 11.1 Å². The van der Waals surface area contributed by atoms with Crippen LogP contribution in [0.15, 0.2) is 107 Å². The lowest BCUT2D eigenvalue weighted by atomic mass is 9.99. The van der Waals surface area contributed by atoms with Crippen LogP contribution < -0.4 is 5.73 Å². The van der Waals surface area contributed by atoms with Gasteiger partial charge >= 0.3 is 0 Å². The highest BCUT2D eigenvalue weighted by atomic mass is 32.2. The van der Waals surface area contributed by atoms with Crippen LogP contribution in [0.4, 0.5) is 15.8 Å². The van der Waals surface area contributed by atoms with Crippen molar-refractivity contribution in [3.63, 3.8) is 0 Å². The Bertz CT molecular complexity index is 2230. The maximum absolute atomic E-state index is 15.0. The van der Waals surface area contributed by atoms with Crippen LogP contribution in [0.25, 0.3) is 32.9 Å². The summed E-state index contributed by atoms with van der Waals surface area (Å²) in [5, 5.41) is 15.7. The van der Waals surface area contributed by atoms with Gasteiger partial charge in [0.1, 0.15) is 5.82 Å². The number of nitrogen functional groups attached to an aromatic ring is 1. The van der Waals surface area contributed by atoms with E-state index >= 15 is 0 Å². The third kappa shape index (κ3) is 4.20. The standard InChI is InChI=1S/C27H18FN5O6S2/c28-18-14-23(22-10-11-31(26(22)15-18)40(36,37)21-8-6-19(7-9-21)33(34)35)17-12-25(29)24-16-30-32(27(24)13-17)41(38,39)20-4-2-1-3-5-20/h1-16H,29H2. The molecule has 0 spiro atoms. The van der Waals surface area contributed by atoms with Gasteiger partial charge in [-0.15, -0.1) is 0 Å². The maximum atomic E-state index is 15.0. The molecule has 2 aromatic heterocycles. The van der Waals surface area contributed by atoms with Gasteiger partial charge in [0.2, 0.25) is 0 Å². The highest BCUT2D eigenvalue weighted by molar-refractivity contribution is 7.90. The first kappa shape index (κ1) is 26.2. The summed E-state index contributed by atoms with van der Waals surface area (Å²) in [5.41, 5.74) is 6.91. The zero-order valence-corrected chi connectivity index (χ0v) is 22.4. The molecule has 206 valence electrons. The van der Waals surface area contributed by atoms with Gasteiger partial charge in [-0.05, 0) is 65.7 Å². The van der Waals surface area contributed by atoms with Gasteiger partial charge in [-0.2, -0.15) is 17.6 Å². The Labute approximate surface area is 232 Å². The molecular weight excluding hydrogens is 573 g/mol. The molecule has 0 saturated carbocycles. The largest absolute Gasteiger partial charge is 0.398 e. The summed E-state index contributed by atoms with van der Waals surface area (Å²) in [5.74, 6) is -0.754. The van der Waals surface area contributed by atoms with E-state index in [0.717, 1.165) is 38.4 Å². The van der Waals surface area contributed by atoms with E-state index in [4.69, 9.17) is 5.73 Å². The second kappa shape index (κ2) is 9.25. The molecule has 0 unspecified atom stereocenters. The molecule has 0 amide bonds. The smallest absolute Gasteiger partial charge is 0.283 e. The molecule has 11 nitrogen and oxygen atoms in total. The summed E-state index contributed by atoms with van der Waals surface area (Å²) in [4.78, 5) is 10.1. The van der Waals surface area contributed by atoms with Crippen molar-refractivity contribution in [3.05, 3.63) is 113 Å². The van der Waals surface area contributed by atoms with Crippen molar-refractivity contribution in [2.75, 3.05) is 5.73 Å². The molecule has 0 aliphatic carbocycles. The predicted octanol–water partition coefficient (Wildman–Crippen LogP) is 4.76. The summed E-state index contributed by atoms with van der Waals surface area (Å²) in [6.45, 7) is 0. The van der Waals surface area contributed by atoms with E-state index in [1.165, 1.54) is 48.8 Å². The van der Waals surface area contributed by atoms with E-state index in [2.05, 4.69) is 5.10 Å². The van der Waals surface area contributed by atoms with Gasteiger partial charge in [0, 0.05) is 34.8 Å². The fourth-order valence-corrected chi connectivity index (χ4v) is 7.28. The number of rotatable bonds is 6. The van der Waals surface area contributed by atoms with E-state index in [9.17, 15) is 31.3 Å². The number of nitrogens with zero attached hydrogens (tertiary/aromatic N) is 4. The lowest BCUT2D eigenvalue weighted by Gasteiger charge is -2.11. The minimum atomic E-state index is -4.26. The van der Waals surface area contributed by atoms with Crippen molar-refractivity contribution in [1.82, 2.24) is 13.2 Å². The summed E-state index contributed by atoms with van der Waals surface area (Å²) < 4.78 is 70.2. The van der Waals surface area contributed by atoms with Crippen LogP contribution >= 0.6 is 0 Å².